The van der Waals surface area contributed by atoms with E-state index in [-0.39, 0.29) is 5.91 Å². The summed E-state index contributed by atoms with van der Waals surface area (Å²) < 4.78 is 1.67. The number of hydrogen-bond acceptors (Lipinski definition) is 3. The van der Waals surface area contributed by atoms with Gasteiger partial charge in [0.2, 0.25) is 5.91 Å². The first-order chi connectivity index (χ1) is 6.11. The Hall–Kier alpha value is -1.36. The maximum Gasteiger partial charge on any atom is 0.248 e. The highest BCUT2D eigenvalue weighted by molar-refractivity contribution is 5.79. The van der Waals surface area contributed by atoms with E-state index in [1.54, 1.807) is 17.9 Å². The third-order valence-electron chi connectivity index (χ3n) is 1.75. The maximum absolute atomic E-state index is 11.0. The van der Waals surface area contributed by atoms with Crippen molar-refractivity contribution in [3.8, 4) is 0 Å². The smallest absolute Gasteiger partial charge is 0.248 e. The molecule has 0 spiro atoms. The third kappa shape index (κ3) is 2.55. The summed E-state index contributed by atoms with van der Waals surface area (Å²) in [6, 6.07) is 1.81. The summed E-state index contributed by atoms with van der Waals surface area (Å²) in [5.41, 5.74) is 0.897. The van der Waals surface area contributed by atoms with Crippen LogP contribution >= 0.6 is 0 Å². The van der Waals surface area contributed by atoms with Gasteiger partial charge < -0.3 is 10.4 Å². The molecule has 0 fully saturated rings. The molecule has 5 nitrogen and oxygen atoms in total. The first kappa shape index (κ1) is 9.73. The molecule has 0 aliphatic rings. The summed E-state index contributed by atoms with van der Waals surface area (Å²) in [7, 11) is 1.80. The van der Waals surface area contributed by atoms with Crippen molar-refractivity contribution < 1.29 is 9.90 Å². The number of aliphatic hydroxyl groups excluding tert-OH is 1. The summed E-state index contributed by atoms with van der Waals surface area (Å²) in [6.07, 6.45) is 0.692. The second kappa shape index (κ2) is 4.04. The van der Waals surface area contributed by atoms with Crippen molar-refractivity contribution in [2.75, 3.05) is 0 Å². The second-order valence-electron chi connectivity index (χ2n) is 2.84. The van der Waals surface area contributed by atoms with Crippen LogP contribution in [-0.2, 0) is 18.4 Å². The summed E-state index contributed by atoms with van der Waals surface area (Å²) >= 11 is 0. The lowest BCUT2D eigenvalue weighted by molar-refractivity contribution is -0.128. The minimum atomic E-state index is -0.965. The first-order valence-electron chi connectivity index (χ1n) is 4.04. The fourth-order valence-corrected chi connectivity index (χ4v) is 0.900. The topological polar surface area (TPSA) is 67.2 Å². The van der Waals surface area contributed by atoms with E-state index in [2.05, 4.69) is 10.4 Å². The molecule has 0 saturated carbocycles. The molecule has 0 aliphatic heterocycles. The van der Waals surface area contributed by atoms with Gasteiger partial charge in [-0.25, -0.2) is 0 Å². The third-order valence-corrected chi connectivity index (χ3v) is 1.75. The van der Waals surface area contributed by atoms with Crippen LogP contribution in [0.3, 0.4) is 0 Å². The van der Waals surface area contributed by atoms with E-state index < -0.39 is 6.10 Å². The maximum atomic E-state index is 11.0. The Bertz CT molecular complexity index is 293. The molecule has 13 heavy (non-hydrogen) atoms. The van der Waals surface area contributed by atoms with Gasteiger partial charge >= 0.3 is 0 Å². The van der Waals surface area contributed by atoms with Crippen molar-refractivity contribution in [1.29, 1.82) is 0 Å². The highest BCUT2D eigenvalue weighted by Crippen LogP contribution is 1.95. The quantitative estimate of drug-likeness (QED) is 0.658. The lowest BCUT2D eigenvalue weighted by atomic mass is 10.3. The van der Waals surface area contributed by atoms with Crippen LogP contribution in [0.25, 0.3) is 0 Å². The lowest BCUT2D eigenvalue weighted by Gasteiger charge is -2.06. The number of carbonyl (C=O) groups excluding carboxylic acids is 1. The average molecular weight is 183 g/mol. The van der Waals surface area contributed by atoms with Crippen molar-refractivity contribution in [2.24, 2.45) is 7.05 Å². The van der Waals surface area contributed by atoms with E-state index in [0.29, 0.717) is 6.54 Å². The molecule has 1 aromatic rings. The fourth-order valence-electron chi connectivity index (χ4n) is 0.900. The summed E-state index contributed by atoms with van der Waals surface area (Å²) in [5, 5.41) is 15.4. The number of nitrogens with one attached hydrogen (secondary N) is 1. The minimum Gasteiger partial charge on any atom is -0.384 e. The van der Waals surface area contributed by atoms with Gasteiger partial charge in [0.05, 0.1) is 12.2 Å². The van der Waals surface area contributed by atoms with Crippen LogP contribution in [0.4, 0.5) is 0 Å². The van der Waals surface area contributed by atoms with Crippen LogP contribution in [-0.4, -0.2) is 26.9 Å². The SMILES string of the molecule is C[C@@H](O)C(=O)NCc1ccnn1C. The Morgan fingerprint density at radius 1 is 1.85 bits per heavy atom. The first-order valence-corrected chi connectivity index (χ1v) is 4.04. The Kier molecular flexibility index (Phi) is 3.02. The monoisotopic (exact) mass is 183 g/mol. The van der Waals surface area contributed by atoms with Crippen LogP contribution in [0.1, 0.15) is 12.6 Å². The zero-order valence-electron chi connectivity index (χ0n) is 7.69. The van der Waals surface area contributed by atoms with Gasteiger partial charge in [-0.1, -0.05) is 0 Å². The van der Waals surface area contributed by atoms with E-state index >= 15 is 0 Å². The standard InChI is InChI=1S/C8H13N3O2/c1-6(12)8(13)9-5-7-3-4-10-11(7)2/h3-4,6,12H,5H2,1-2H3,(H,9,13)/t6-/m1/s1. The summed E-state index contributed by atoms with van der Waals surface area (Å²) in [4.78, 5) is 11.0. The average Bonchev–Trinajstić information content (AvgIpc) is 2.47. The second-order valence-corrected chi connectivity index (χ2v) is 2.84. The Balaban J connectivity index is 2.44. The molecule has 1 heterocycles. The van der Waals surface area contributed by atoms with Gasteiger partial charge in [0.15, 0.2) is 0 Å². The van der Waals surface area contributed by atoms with Gasteiger partial charge in [-0.05, 0) is 13.0 Å². The number of hydrogen-bond donors (Lipinski definition) is 2. The molecule has 2 N–H and O–H groups in total. The van der Waals surface area contributed by atoms with Crippen LogP contribution in [0.5, 0.6) is 0 Å². The number of amides is 1. The molecule has 0 radical (unpaired) electrons. The normalized spacial score (nSPS) is 12.5. The van der Waals surface area contributed by atoms with Crippen molar-refractivity contribution in [3.05, 3.63) is 18.0 Å². The molecule has 0 saturated heterocycles. The van der Waals surface area contributed by atoms with Gasteiger partial charge in [0.1, 0.15) is 6.10 Å². The molecule has 0 bridgehead atoms. The van der Waals surface area contributed by atoms with Gasteiger partial charge in [-0.3, -0.25) is 9.48 Å². The number of carbonyl (C=O) groups is 1. The van der Waals surface area contributed by atoms with Crippen molar-refractivity contribution >= 4 is 5.91 Å². The largest absolute Gasteiger partial charge is 0.384 e. The number of nitrogens with zero attached hydrogens (tertiary/aromatic N) is 2. The molecule has 1 aromatic heterocycles. The Morgan fingerprint density at radius 3 is 3.00 bits per heavy atom. The molecule has 5 heteroatoms. The Labute approximate surface area is 76.4 Å². The van der Waals surface area contributed by atoms with E-state index in [4.69, 9.17) is 5.11 Å². The zero-order valence-corrected chi connectivity index (χ0v) is 7.69. The number of rotatable bonds is 3. The summed E-state index contributed by atoms with van der Waals surface area (Å²) in [5.74, 6) is -0.374. The molecule has 72 valence electrons. The minimum absolute atomic E-state index is 0.374. The van der Waals surface area contributed by atoms with Crippen molar-refractivity contribution in [2.45, 2.75) is 19.6 Å². The predicted octanol–water partition coefficient (Wildman–Crippen LogP) is -0.583. The number of aromatic nitrogens is 2. The molecule has 1 rings (SSSR count). The lowest BCUT2D eigenvalue weighted by Crippen LogP contribution is -2.32. The summed E-state index contributed by atoms with van der Waals surface area (Å²) in [6.45, 7) is 1.82. The fraction of sp³-hybridized carbons (Fsp3) is 0.500. The molecule has 0 aromatic carbocycles. The Morgan fingerprint density at radius 2 is 2.54 bits per heavy atom. The molecule has 1 atom stereocenters. The van der Waals surface area contributed by atoms with Gasteiger partial charge in [-0.15, -0.1) is 0 Å². The van der Waals surface area contributed by atoms with E-state index in [9.17, 15) is 4.79 Å². The van der Waals surface area contributed by atoms with Gasteiger partial charge in [0, 0.05) is 13.2 Å². The zero-order chi connectivity index (χ0) is 9.84. The highest BCUT2D eigenvalue weighted by Gasteiger charge is 2.08. The van der Waals surface area contributed by atoms with Crippen LogP contribution < -0.4 is 5.32 Å². The molecular formula is C8H13N3O2. The van der Waals surface area contributed by atoms with E-state index in [0.717, 1.165) is 5.69 Å². The van der Waals surface area contributed by atoms with Crippen molar-refractivity contribution in [1.82, 2.24) is 15.1 Å². The number of aliphatic hydroxyl groups is 1. The highest BCUT2D eigenvalue weighted by atomic mass is 16.3. The predicted molar refractivity (Wildman–Crippen MR) is 46.7 cm³/mol. The van der Waals surface area contributed by atoms with E-state index in [1.807, 2.05) is 6.07 Å². The molecule has 1 amide bonds. The van der Waals surface area contributed by atoms with Gasteiger partial charge in [0.25, 0.3) is 0 Å². The van der Waals surface area contributed by atoms with Crippen molar-refractivity contribution in [3.63, 3.8) is 0 Å². The molecule has 0 aliphatic carbocycles. The van der Waals surface area contributed by atoms with Crippen LogP contribution in [0.15, 0.2) is 12.3 Å². The van der Waals surface area contributed by atoms with E-state index in [1.165, 1.54) is 6.92 Å². The molecule has 0 unspecified atom stereocenters. The number of aryl methyl sites for hydroxylation is 1. The van der Waals surface area contributed by atoms with Crippen LogP contribution in [0.2, 0.25) is 0 Å². The van der Waals surface area contributed by atoms with Crippen LogP contribution in [0, 0.1) is 0 Å². The van der Waals surface area contributed by atoms with Gasteiger partial charge in [-0.2, -0.15) is 5.10 Å². The molecular weight excluding hydrogens is 170 g/mol.